The third-order valence-electron chi connectivity index (χ3n) is 19.3. The summed E-state index contributed by atoms with van der Waals surface area (Å²) < 4.78 is 11.7. The smallest absolute Gasteiger partial charge is 0.160 e. The summed E-state index contributed by atoms with van der Waals surface area (Å²) in [4.78, 5) is 35.9. The zero-order valence-corrected chi connectivity index (χ0v) is 39.0. The first kappa shape index (κ1) is 43.0. The average Bonchev–Trinajstić information content (AvgIpc) is 3.80. The van der Waals surface area contributed by atoms with Gasteiger partial charge in [-0.05, 0) is 145 Å². The first-order valence-electron chi connectivity index (χ1n) is 24.6. The molecule has 1 aromatic carbocycles. The van der Waals surface area contributed by atoms with Crippen LogP contribution in [0.1, 0.15) is 161 Å². The molecule has 4 saturated carbocycles. The topological polar surface area (TPSA) is 112 Å². The van der Waals surface area contributed by atoms with Crippen LogP contribution < -0.4 is 0 Å². The normalized spacial score (nSPS) is 39.6. The van der Waals surface area contributed by atoms with Gasteiger partial charge in [0.2, 0.25) is 0 Å². The van der Waals surface area contributed by atoms with Gasteiger partial charge in [0.25, 0.3) is 0 Å². The minimum atomic E-state index is -0.711. The van der Waals surface area contributed by atoms with Crippen molar-refractivity contribution >= 4 is 17.3 Å². The monoisotopic (exact) mass is 847 g/mol. The van der Waals surface area contributed by atoms with Crippen LogP contribution in [0.25, 0.3) is 0 Å². The Morgan fingerprint density at radius 1 is 0.919 bits per heavy atom. The number of fused-ring (bicyclic) bond motifs is 6. The van der Waals surface area contributed by atoms with Crippen molar-refractivity contribution < 1.29 is 29.3 Å². The Labute approximate surface area is 371 Å². The second kappa shape index (κ2) is 15.1. The second-order valence-corrected chi connectivity index (χ2v) is 23.5. The number of aliphatic imine (C=N–C) groups is 1. The molecule has 8 nitrogen and oxygen atoms in total. The molecule has 0 bridgehead atoms. The van der Waals surface area contributed by atoms with E-state index in [-0.39, 0.29) is 58.0 Å². The van der Waals surface area contributed by atoms with Crippen molar-refractivity contribution in [2.75, 3.05) is 19.8 Å². The number of carbonyl (C=O) groups excluding carboxylic acids is 2. The van der Waals surface area contributed by atoms with Crippen molar-refractivity contribution in [3.8, 4) is 0 Å². The largest absolute Gasteiger partial charge is 0.392 e. The highest BCUT2D eigenvalue weighted by molar-refractivity contribution is 6.09. The molecule has 2 N–H and O–H groups in total. The van der Waals surface area contributed by atoms with Crippen LogP contribution in [0.15, 0.2) is 58.4 Å². The van der Waals surface area contributed by atoms with Crippen molar-refractivity contribution in [2.24, 2.45) is 50.3 Å². The summed E-state index contributed by atoms with van der Waals surface area (Å²) in [5, 5.41) is 24.9. The van der Waals surface area contributed by atoms with Gasteiger partial charge in [-0.3, -0.25) is 14.6 Å². The lowest BCUT2D eigenvalue weighted by molar-refractivity contribution is -0.219. The molecular weight excluding hydrogens is 773 g/mol. The Balaban J connectivity index is 1.04. The summed E-state index contributed by atoms with van der Waals surface area (Å²) in [6, 6.07) is 7.44. The maximum absolute atomic E-state index is 14.8. The highest BCUT2D eigenvalue weighted by Crippen LogP contribution is 2.75. The first-order valence-corrected chi connectivity index (χ1v) is 24.6. The zero-order chi connectivity index (χ0) is 43.7. The van der Waals surface area contributed by atoms with Crippen LogP contribution in [-0.4, -0.2) is 82.1 Å². The lowest BCUT2D eigenvalue weighted by Crippen LogP contribution is -2.68. The molecule has 1 aromatic rings. The average molecular weight is 847 g/mol. The molecule has 0 aromatic heterocycles. The van der Waals surface area contributed by atoms with Gasteiger partial charge in [0.1, 0.15) is 11.9 Å². The Hall–Kier alpha value is -2.91. The van der Waals surface area contributed by atoms with Gasteiger partial charge >= 0.3 is 0 Å². The Morgan fingerprint density at radius 2 is 1.60 bits per heavy atom. The molecule has 9 aliphatic rings. The highest BCUT2D eigenvalue weighted by Gasteiger charge is 2.72. The number of aliphatic hydroxyl groups is 2. The fourth-order valence-corrected chi connectivity index (χ4v) is 16.0. The fraction of sp³-hybridized carbons (Fsp3) is 0.722. The number of aliphatic hydroxyl groups excluding tert-OH is 2. The molecule has 2 saturated heterocycles. The van der Waals surface area contributed by atoms with Gasteiger partial charge in [0.15, 0.2) is 5.78 Å². The Bertz CT molecular complexity index is 2140. The van der Waals surface area contributed by atoms with Gasteiger partial charge in [-0.2, -0.15) is 0 Å². The van der Waals surface area contributed by atoms with Crippen LogP contribution in [-0.2, 0) is 25.5 Å². The van der Waals surface area contributed by atoms with Crippen molar-refractivity contribution in [3.05, 3.63) is 70.1 Å². The number of hydrogen-bond acceptors (Lipinski definition) is 8. The van der Waals surface area contributed by atoms with Gasteiger partial charge < -0.3 is 24.6 Å². The van der Waals surface area contributed by atoms with Crippen molar-refractivity contribution in [1.29, 1.82) is 0 Å². The van der Waals surface area contributed by atoms with Crippen LogP contribution >= 0.6 is 0 Å². The van der Waals surface area contributed by atoms with Crippen LogP contribution in [0, 0.1) is 45.3 Å². The van der Waals surface area contributed by atoms with Crippen LogP contribution in [0.3, 0.4) is 0 Å². The number of benzene rings is 1. The predicted octanol–water partition coefficient (Wildman–Crippen LogP) is 9.58. The molecule has 1 unspecified atom stereocenters. The van der Waals surface area contributed by atoms with Crippen LogP contribution in [0.2, 0.25) is 0 Å². The molecule has 10 rings (SSSR count). The van der Waals surface area contributed by atoms with Gasteiger partial charge in [0, 0.05) is 68.2 Å². The molecule has 11 atom stereocenters. The van der Waals surface area contributed by atoms with Gasteiger partial charge in [-0.25, -0.2) is 0 Å². The summed E-state index contributed by atoms with van der Waals surface area (Å²) >= 11 is 0. The van der Waals surface area contributed by atoms with Gasteiger partial charge in [-0.15, -0.1) is 0 Å². The number of allylic oxidation sites excluding steroid dienone is 1. The zero-order valence-electron chi connectivity index (χ0n) is 39.0. The quantitative estimate of drug-likeness (QED) is 0.226. The molecule has 6 fully saturated rings. The standard InChI is InChI=1S/C54H74N2O6/c1-31(23-40(57)49-51(4,5)62-49)44-41(58)28-54(8)45(44)38(47(60)48-52(6)18-14-43(59)50(2,3)42(52)13-19-53(48,54)7)30-56-29-37(46-39(56)15-20-55-46)26-32-24-35(33-11-9-10-12-33)27-36(25-32)34-16-21-61-22-17-34/h15,20,24-25,27,29,31,33-34,38-40,42,47-49,57,60H,9-14,16-19,21-23,26,28,30H2,1-8H3/t31-,38-,39?,40-,42+,47-,48+,49+,52+,53+,54+/m1/s1. The number of rotatable bonds is 10. The summed E-state index contributed by atoms with van der Waals surface area (Å²) in [5.74, 6) is 1.25. The van der Waals surface area contributed by atoms with E-state index >= 15 is 0 Å². The number of ketones is 2. The van der Waals surface area contributed by atoms with E-state index < -0.39 is 23.0 Å². The van der Waals surface area contributed by atoms with E-state index in [2.05, 4.69) is 76.9 Å². The molecule has 5 aliphatic carbocycles. The molecule has 336 valence electrons. The lowest BCUT2D eigenvalue weighted by atomic mass is 9.34. The van der Waals surface area contributed by atoms with E-state index in [4.69, 9.17) is 14.5 Å². The lowest BCUT2D eigenvalue weighted by Gasteiger charge is -2.70. The minimum Gasteiger partial charge on any atom is -0.392 e. The van der Waals surface area contributed by atoms with Gasteiger partial charge in [0.05, 0.1) is 29.6 Å². The molecule has 0 spiro atoms. The molecule has 0 amide bonds. The highest BCUT2D eigenvalue weighted by atomic mass is 16.6. The second-order valence-electron chi connectivity index (χ2n) is 23.5. The van der Waals surface area contributed by atoms with Crippen molar-refractivity contribution in [2.45, 2.75) is 181 Å². The summed E-state index contributed by atoms with van der Waals surface area (Å²) in [7, 11) is 0. The summed E-state index contributed by atoms with van der Waals surface area (Å²) in [6.07, 6.45) is 16.9. The van der Waals surface area contributed by atoms with E-state index in [1.54, 1.807) is 0 Å². The molecule has 62 heavy (non-hydrogen) atoms. The molecule has 4 aliphatic heterocycles. The summed E-state index contributed by atoms with van der Waals surface area (Å²) in [6.45, 7) is 19.8. The number of ether oxygens (including phenoxy) is 2. The number of nitrogens with zero attached hydrogens (tertiary/aromatic N) is 2. The maximum atomic E-state index is 14.8. The van der Waals surface area contributed by atoms with Crippen LogP contribution in [0.4, 0.5) is 0 Å². The molecular formula is C54H74N2O6. The minimum absolute atomic E-state index is 0.0275. The molecule has 0 radical (unpaired) electrons. The SMILES string of the molecule is C[C@H](C[C@@H](O)[C@@H]1OC1(C)C)C1=C2[C@@H](CN3C=C(Cc4cc(C5CCCC5)cc(C5CCOCC5)c4)C4=NC=CC43)[C@@H](O)[C@H]3[C@@]4(C)CCC(=O)C(C)(C)[C@@H]4CC[C@]3(C)[C@@]2(C)CC1=O. The number of hydrogen-bond donors (Lipinski definition) is 2. The first-order chi connectivity index (χ1) is 29.4. The van der Waals surface area contributed by atoms with Crippen molar-refractivity contribution in [3.63, 3.8) is 0 Å². The maximum Gasteiger partial charge on any atom is 0.160 e. The third kappa shape index (κ3) is 6.59. The van der Waals surface area contributed by atoms with E-state index in [0.717, 1.165) is 68.6 Å². The van der Waals surface area contributed by atoms with Crippen molar-refractivity contribution in [1.82, 2.24) is 4.90 Å². The fourth-order valence-electron chi connectivity index (χ4n) is 16.0. The number of Topliss-reactive ketones (excluding diaryl/α,β-unsaturated/α-hetero) is 2. The van der Waals surface area contributed by atoms with E-state index in [1.165, 1.54) is 47.9 Å². The van der Waals surface area contributed by atoms with E-state index in [9.17, 15) is 19.8 Å². The molecule has 8 heteroatoms. The Kier molecular flexibility index (Phi) is 10.5. The van der Waals surface area contributed by atoms with E-state index in [0.29, 0.717) is 43.4 Å². The van der Waals surface area contributed by atoms with Gasteiger partial charge in [-0.1, -0.05) is 72.6 Å². The summed E-state index contributed by atoms with van der Waals surface area (Å²) in [5.41, 5.74) is 6.70. The van der Waals surface area contributed by atoms with E-state index in [1.807, 2.05) is 20.0 Å². The predicted molar refractivity (Wildman–Crippen MR) is 243 cm³/mol. The molecule has 4 heterocycles. The number of epoxide rings is 1. The van der Waals surface area contributed by atoms with Crippen LogP contribution in [0.5, 0.6) is 0 Å². The number of carbonyl (C=O) groups is 2. The third-order valence-corrected chi connectivity index (χ3v) is 19.3. The Morgan fingerprint density at radius 3 is 2.27 bits per heavy atom.